The van der Waals surface area contributed by atoms with E-state index in [2.05, 4.69) is 15.0 Å². The van der Waals surface area contributed by atoms with Gasteiger partial charge in [-0.2, -0.15) is 0 Å². The summed E-state index contributed by atoms with van der Waals surface area (Å²) >= 11 is 0. The standard InChI is InChI=1S/C11H22N2O4Si/c1-10(2,3)18(11(4,5)6)17-9(15)13-12-8(14)16-7/h18H,1-7H3. The summed E-state index contributed by atoms with van der Waals surface area (Å²) in [7, 11) is -0.734. The first-order chi connectivity index (χ1) is 7.98. The number of azo groups is 1. The van der Waals surface area contributed by atoms with Gasteiger partial charge in [0.15, 0.2) is 0 Å². The number of ether oxygens (including phenoxy) is 1. The van der Waals surface area contributed by atoms with Crippen molar-refractivity contribution in [3.63, 3.8) is 0 Å². The Balaban J connectivity index is 4.77. The molecular weight excluding hydrogens is 252 g/mol. The van der Waals surface area contributed by atoms with Gasteiger partial charge in [-0.3, -0.25) is 0 Å². The molecule has 0 bridgehead atoms. The highest BCUT2D eigenvalue weighted by Gasteiger charge is 2.41. The van der Waals surface area contributed by atoms with Crippen molar-refractivity contribution in [2.24, 2.45) is 10.2 Å². The Labute approximate surface area is 109 Å². The summed E-state index contributed by atoms with van der Waals surface area (Å²) in [5.74, 6) is 0. The van der Waals surface area contributed by atoms with Gasteiger partial charge in [0.1, 0.15) is 0 Å². The molecule has 18 heavy (non-hydrogen) atoms. The lowest BCUT2D eigenvalue weighted by Crippen LogP contribution is -2.39. The molecule has 0 aromatic rings. The van der Waals surface area contributed by atoms with Crippen LogP contribution in [-0.2, 0) is 9.16 Å². The van der Waals surface area contributed by atoms with Gasteiger partial charge in [0.2, 0.25) is 0 Å². The van der Waals surface area contributed by atoms with Crippen LogP contribution in [0.3, 0.4) is 0 Å². The SMILES string of the molecule is COC(=O)N=NC(=O)O[SiH](C(C)(C)C)C(C)(C)C. The average molecular weight is 274 g/mol. The molecular formula is C11H22N2O4Si. The molecule has 0 N–H and O–H groups in total. The zero-order valence-electron chi connectivity index (χ0n) is 12.1. The highest BCUT2D eigenvalue weighted by molar-refractivity contribution is 6.60. The van der Waals surface area contributed by atoms with Gasteiger partial charge in [-0.1, -0.05) is 51.8 Å². The zero-order chi connectivity index (χ0) is 14.6. The third kappa shape index (κ3) is 5.90. The fraction of sp³-hybridized carbons (Fsp3) is 0.818. The Morgan fingerprint density at radius 3 is 1.61 bits per heavy atom. The van der Waals surface area contributed by atoms with Crippen molar-refractivity contribution in [2.45, 2.75) is 51.6 Å². The number of carbonyl (C=O) groups is 2. The maximum atomic E-state index is 11.5. The van der Waals surface area contributed by atoms with E-state index in [4.69, 9.17) is 4.43 Å². The summed E-state index contributed by atoms with van der Waals surface area (Å²) < 4.78 is 9.65. The highest BCUT2D eigenvalue weighted by atomic mass is 28.3. The molecule has 0 fully saturated rings. The van der Waals surface area contributed by atoms with E-state index in [-0.39, 0.29) is 10.1 Å². The number of rotatable bonds is 1. The van der Waals surface area contributed by atoms with Crippen LogP contribution < -0.4 is 0 Å². The van der Waals surface area contributed by atoms with Crippen molar-refractivity contribution in [1.29, 1.82) is 0 Å². The van der Waals surface area contributed by atoms with E-state index < -0.39 is 21.2 Å². The number of hydrogen-bond acceptors (Lipinski definition) is 4. The lowest BCUT2D eigenvalue weighted by Gasteiger charge is -2.36. The first-order valence-electron chi connectivity index (χ1n) is 5.69. The number of methoxy groups -OCH3 is 1. The summed E-state index contributed by atoms with van der Waals surface area (Å²) in [6.07, 6.45) is -1.75. The lowest BCUT2D eigenvalue weighted by atomic mass is 10.2. The van der Waals surface area contributed by atoms with Crippen LogP contribution >= 0.6 is 0 Å². The van der Waals surface area contributed by atoms with Crippen LogP contribution in [0.25, 0.3) is 0 Å². The number of amides is 2. The Morgan fingerprint density at radius 2 is 1.28 bits per heavy atom. The topological polar surface area (TPSA) is 77.3 Å². The van der Waals surface area contributed by atoms with Crippen LogP contribution in [0.15, 0.2) is 10.2 Å². The summed E-state index contributed by atoms with van der Waals surface area (Å²) in [5.41, 5.74) is 0. The minimum atomic E-state index is -1.90. The number of nitrogens with zero attached hydrogens (tertiary/aromatic N) is 2. The van der Waals surface area contributed by atoms with Crippen molar-refractivity contribution in [2.75, 3.05) is 7.11 Å². The van der Waals surface area contributed by atoms with Gasteiger partial charge in [0.25, 0.3) is 9.04 Å². The molecule has 0 aliphatic heterocycles. The van der Waals surface area contributed by atoms with Gasteiger partial charge >= 0.3 is 12.2 Å². The van der Waals surface area contributed by atoms with Crippen molar-refractivity contribution < 1.29 is 18.8 Å². The van der Waals surface area contributed by atoms with Crippen LogP contribution in [-0.4, -0.2) is 28.3 Å². The van der Waals surface area contributed by atoms with Crippen LogP contribution in [0.5, 0.6) is 0 Å². The fourth-order valence-corrected chi connectivity index (χ4v) is 5.45. The molecule has 0 atom stereocenters. The van der Waals surface area contributed by atoms with E-state index in [1.807, 2.05) is 41.5 Å². The Morgan fingerprint density at radius 1 is 0.889 bits per heavy atom. The minimum Gasteiger partial charge on any atom is -0.503 e. The molecule has 0 radical (unpaired) electrons. The molecule has 0 rings (SSSR count). The molecule has 0 heterocycles. The van der Waals surface area contributed by atoms with E-state index in [1.54, 1.807) is 0 Å². The molecule has 0 spiro atoms. The van der Waals surface area contributed by atoms with Crippen molar-refractivity contribution in [3.05, 3.63) is 0 Å². The third-order valence-corrected chi connectivity index (χ3v) is 5.76. The Bertz CT molecular complexity index is 328. The Hall–Kier alpha value is -1.24. The quantitative estimate of drug-likeness (QED) is 0.540. The predicted octanol–water partition coefficient (Wildman–Crippen LogP) is 3.67. The smallest absolute Gasteiger partial charge is 0.452 e. The maximum Gasteiger partial charge on any atom is 0.452 e. The first-order valence-corrected chi connectivity index (χ1v) is 7.31. The normalized spacial score (nSPS) is 12.9. The van der Waals surface area contributed by atoms with Gasteiger partial charge in [0.05, 0.1) is 7.11 Å². The van der Waals surface area contributed by atoms with E-state index in [0.29, 0.717) is 0 Å². The van der Waals surface area contributed by atoms with E-state index in [0.717, 1.165) is 7.11 Å². The molecule has 0 saturated carbocycles. The summed E-state index contributed by atoms with van der Waals surface area (Å²) in [6, 6.07) is 0. The molecule has 2 amide bonds. The molecule has 0 saturated heterocycles. The van der Waals surface area contributed by atoms with E-state index >= 15 is 0 Å². The third-order valence-electron chi connectivity index (χ3n) is 2.18. The highest BCUT2D eigenvalue weighted by Crippen LogP contribution is 2.42. The molecule has 0 unspecified atom stereocenters. The van der Waals surface area contributed by atoms with Crippen LogP contribution in [0.1, 0.15) is 41.5 Å². The van der Waals surface area contributed by atoms with Gasteiger partial charge in [0, 0.05) is 0 Å². The second-order valence-electron chi connectivity index (χ2n) is 6.17. The molecule has 104 valence electrons. The minimum absolute atomic E-state index is 0.102. The monoisotopic (exact) mass is 274 g/mol. The molecule has 0 aromatic carbocycles. The summed E-state index contributed by atoms with van der Waals surface area (Å²) in [4.78, 5) is 22.2. The van der Waals surface area contributed by atoms with Gasteiger partial charge in [-0.05, 0) is 10.1 Å². The van der Waals surface area contributed by atoms with Crippen molar-refractivity contribution >= 4 is 21.2 Å². The summed E-state index contributed by atoms with van der Waals surface area (Å²) in [6.45, 7) is 12.2. The van der Waals surface area contributed by atoms with Crippen molar-refractivity contribution in [3.8, 4) is 0 Å². The van der Waals surface area contributed by atoms with E-state index in [1.165, 1.54) is 0 Å². The van der Waals surface area contributed by atoms with Crippen LogP contribution in [0, 0.1) is 0 Å². The first kappa shape index (κ1) is 16.8. The maximum absolute atomic E-state index is 11.5. The fourth-order valence-electron chi connectivity index (χ4n) is 1.90. The number of carbonyl (C=O) groups excluding carboxylic acids is 2. The van der Waals surface area contributed by atoms with Gasteiger partial charge < -0.3 is 9.16 Å². The molecule has 6 nitrogen and oxygen atoms in total. The second kappa shape index (κ2) is 6.08. The van der Waals surface area contributed by atoms with Gasteiger partial charge in [-0.15, -0.1) is 0 Å². The molecule has 0 aromatic heterocycles. The average Bonchev–Trinajstić information content (AvgIpc) is 2.19. The largest absolute Gasteiger partial charge is 0.503 e. The van der Waals surface area contributed by atoms with Gasteiger partial charge in [-0.25, -0.2) is 9.59 Å². The van der Waals surface area contributed by atoms with Crippen LogP contribution in [0.2, 0.25) is 10.1 Å². The molecule has 7 heteroatoms. The van der Waals surface area contributed by atoms with Crippen LogP contribution in [0.4, 0.5) is 9.59 Å². The lowest BCUT2D eigenvalue weighted by molar-refractivity contribution is 0.177. The second-order valence-corrected chi connectivity index (χ2v) is 10.6. The zero-order valence-corrected chi connectivity index (χ0v) is 13.3. The van der Waals surface area contributed by atoms with Crippen molar-refractivity contribution in [1.82, 2.24) is 0 Å². The molecule has 0 aliphatic rings. The number of hydrogen-bond donors (Lipinski definition) is 0. The summed E-state index contributed by atoms with van der Waals surface area (Å²) in [5, 5.41) is 6.05. The molecule has 0 aliphatic carbocycles. The Kier molecular flexibility index (Phi) is 5.66. The van der Waals surface area contributed by atoms with E-state index in [9.17, 15) is 9.59 Å². The predicted molar refractivity (Wildman–Crippen MR) is 70.3 cm³/mol.